The van der Waals surface area contributed by atoms with Gasteiger partial charge in [0.2, 0.25) is 0 Å². The number of aromatic nitrogens is 1. The van der Waals surface area contributed by atoms with Gasteiger partial charge in [0.25, 0.3) is 5.91 Å². The summed E-state index contributed by atoms with van der Waals surface area (Å²) in [5.74, 6) is -0.125. The van der Waals surface area contributed by atoms with Gasteiger partial charge in [0.05, 0.1) is 0 Å². The molecule has 0 saturated carbocycles. The molecule has 0 fully saturated rings. The van der Waals surface area contributed by atoms with E-state index in [1.807, 2.05) is 42.6 Å². The number of carbonyl (C=O) groups is 1. The fourth-order valence-corrected chi connectivity index (χ4v) is 3.53. The summed E-state index contributed by atoms with van der Waals surface area (Å²) in [6, 6.07) is 14.2. The maximum atomic E-state index is 11.9. The van der Waals surface area contributed by atoms with Gasteiger partial charge in [-0.15, -0.1) is 0 Å². The number of rotatable bonds is 1. The second kappa shape index (κ2) is 4.53. The minimum absolute atomic E-state index is 0.125. The van der Waals surface area contributed by atoms with Crippen LogP contribution in [-0.4, -0.2) is 10.9 Å². The number of hydrogen-bond donors (Lipinski definition) is 2. The normalized spacial score (nSPS) is 14.1. The van der Waals surface area contributed by atoms with Crippen molar-refractivity contribution in [1.82, 2.24) is 9.71 Å². The van der Waals surface area contributed by atoms with E-state index in [9.17, 15) is 4.79 Å². The number of H-pyrrole nitrogens is 1. The smallest absolute Gasteiger partial charge is 0.261 e. The molecule has 1 amide bonds. The average Bonchev–Trinajstić information content (AvgIpc) is 2.94. The molecule has 0 spiro atoms. The molecule has 4 rings (SSSR count). The van der Waals surface area contributed by atoms with Crippen LogP contribution < -0.4 is 4.72 Å². The molecule has 1 aromatic heterocycles. The third-order valence-corrected chi connectivity index (χ3v) is 4.58. The van der Waals surface area contributed by atoms with Crippen LogP contribution in [0.2, 0.25) is 0 Å². The van der Waals surface area contributed by atoms with Crippen molar-refractivity contribution in [2.24, 2.45) is 0 Å². The van der Waals surface area contributed by atoms with Gasteiger partial charge in [-0.25, -0.2) is 0 Å². The second-order valence-corrected chi connectivity index (χ2v) is 5.79. The lowest BCUT2D eigenvalue weighted by Gasteiger charge is -2.20. The predicted molar refractivity (Wildman–Crippen MR) is 86.8 cm³/mol. The minimum atomic E-state index is -0.125. The molecule has 1 aliphatic rings. The fourth-order valence-electron chi connectivity index (χ4n) is 2.72. The fraction of sp³-hybridized carbons (Fsp3) is 0. The van der Waals surface area contributed by atoms with Gasteiger partial charge in [-0.05, 0) is 29.6 Å². The van der Waals surface area contributed by atoms with Crippen LogP contribution in [0.5, 0.6) is 0 Å². The largest absolute Gasteiger partial charge is 0.361 e. The Morgan fingerprint density at radius 1 is 1.00 bits per heavy atom. The first-order valence-corrected chi connectivity index (χ1v) is 7.43. The van der Waals surface area contributed by atoms with Crippen molar-refractivity contribution in [1.29, 1.82) is 0 Å². The van der Waals surface area contributed by atoms with E-state index in [4.69, 9.17) is 0 Å². The lowest BCUT2D eigenvalue weighted by molar-refractivity contribution is -0.113. The first-order valence-electron chi connectivity index (χ1n) is 6.61. The zero-order chi connectivity index (χ0) is 14.4. The lowest BCUT2D eigenvalue weighted by atomic mass is 9.94. The molecule has 0 radical (unpaired) electrons. The zero-order valence-corrected chi connectivity index (χ0v) is 12.0. The third-order valence-electron chi connectivity index (χ3n) is 3.74. The molecule has 1 aliphatic heterocycles. The van der Waals surface area contributed by atoms with Crippen molar-refractivity contribution >= 4 is 34.3 Å². The first kappa shape index (κ1) is 12.3. The van der Waals surface area contributed by atoms with Gasteiger partial charge in [0, 0.05) is 38.7 Å². The Hall–Kier alpha value is -2.46. The number of para-hydroxylation sites is 1. The Labute approximate surface area is 126 Å². The van der Waals surface area contributed by atoms with E-state index in [-0.39, 0.29) is 5.91 Å². The van der Waals surface area contributed by atoms with Crippen LogP contribution in [0.1, 0.15) is 5.56 Å². The number of amides is 1. The van der Waals surface area contributed by atoms with Gasteiger partial charge in [-0.3, -0.25) is 9.52 Å². The van der Waals surface area contributed by atoms with E-state index in [1.165, 1.54) is 11.9 Å². The molecule has 3 aromatic rings. The Kier molecular flexibility index (Phi) is 2.65. The number of fused-ring (bicyclic) bond motifs is 2. The van der Waals surface area contributed by atoms with E-state index >= 15 is 0 Å². The molecular weight excluding hydrogens is 280 g/mol. The third kappa shape index (κ3) is 1.80. The van der Waals surface area contributed by atoms with Crippen molar-refractivity contribution in [3.05, 3.63) is 60.8 Å². The van der Waals surface area contributed by atoms with Gasteiger partial charge < -0.3 is 4.98 Å². The highest BCUT2D eigenvalue weighted by molar-refractivity contribution is 7.98. The molecule has 0 saturated heterocycles. The SMILES string of the molecule is C=C1C(=O)NSc2cccc(-c3c[nH]c4ccccc34)c21. The molecule has 0 bridgehead atoms. The van der Waals surface area contributed by atoms with Gasteiger partial charge in [-0.1, -0.05) is 36.9 Å². The number of aromatic amines is 1. The molecular formula is C17H12N2OS. The molecule has 102 valence electrons. The molecule has 2 aromatic carbocycles. The summed E-state index contributed by atoms with van der Waals surface area (Å²) in [5.41, 5.74) is 4.67. The summed E-state index contributed by atoms with van der Waals surface area (Å²) in [4.78, 5) is 16.2. The highest BCUT2D eigenvalue weighted by atomic mass is 32.2. The van der Waals surface area contributed by atoms with Gasteiger partial charge >= 0.3 is 0 Å². The average molecular weight is 292 g/mol. The summed E-state index contributed by atoms with van der Waals surface area (Å²) in [7, 11) is 0. The van der Waals surface area contributed by atoms with Crippen LogP contribution in [0, 0.1) is 0 Å². The summed E-state index contributed by atoms with van der Waals surface area (Å²) in [6.07, 6.45) is 1.99. The van der Waals surface area contributed by atoms with Crippen LogP contribution in [0.4, 0.5) is 0 Å². The standard InChI is InChI=1S/C17H12N2OS/c1-10-16-12(6-4-8-15(16)21-19-17(10)20)13-9-18-14-7-3-2-5-11(13)14/h2-9,18H,1H2,(H,19,20). The number of hydrogen-bond acceptors (Lipinski definition) is 2. The van der Waals surface area contributed by atoms with Crippen molar-refractivity contribution in [3.8, 4) is 11.1 Å². The van der Waals surface area contributed by atoms with E-state index in [0.29, 0.717) is 5.57 Å². The summed E-state index contributed by atoms with van der Waals surface area (Å²) in [5, 5.41) is 1.15. The van der Waals surface area contributed by atoms with Crippen molar-refractivity contribution < 1.29 is 4.79 Å². The lowest BCUT2D eigenvalue weighted by Crippen LogP contribution is -2.21. The summed E-state index contributed by atoms with van der Waals surface area (Å²) >= 11 is 1.35. The highest BCUT2D eigenvalue weighted by Gasteiger charge is 2.24. The molecule has 2 N–H and O–H groups in total. The van der Waals surface area contributed by atoms with Crippen molar-refractivity contribution in [2.75, 3.05) is 0 Å². The summed E-state index contributed by atoms with van der Waals surface area (Å²) in [6.45, 7) is 3.95. The van der Waals surface area contributed by atoms with E-state index < -0.39 is 0 Å². The monoisotopic (exact) mass is 292 g/mol. The molecule has 2 heterocycles. The topological polar surface area (TPSA) is 44.9 Å². The highest BCUT2D eigenvalue weighted by Crippen LogP contribution is 2.40. The molecule has 3 nitrogen and oxygen atoms in total. The van der Waals surface area contributed by atoms with E-state index in [2.05, 4.69) is 22.4 Å². The Morgan fingerprint density at radius 2 is 1.86 bits per heavy atom. The van der Waals surface area contributed by atoms with Gasteiger partial charge in [-0.2, -0.15) is 0 Å². The maximum absolute atomic E-state index is 11.9. The van der Waals surface area contributed by atoms with Crippen LogP contribution in [0.25, 0.3) is 27.6 Å². The first-order chi connectivity index (χ1) is 10.3. The molecule has 21 heavy (non-hydrogen) atoms. The molecule has 0 atom stereocenters. The quantitative estimate of drug-likeness (QED) is 0.526. The van der Waals surface area contributed by atoms with Crippen LogP contribution >= 0.6 is 11.9 Å². The van der Waals surface area contributed by atoms with E-state index in [1.54, 1.807) is 0 Å². The van der Waals surface area contributed by atoms with Crippen LogP contribution in [-0.2, 0) is 4.79 Å². The molecule has 4 heteroatoms. The van der Waals surface area contributed by atoms with Gasteiger partial charge in [0.15, 0.2) is 0 Å². The zero-order valence-electron chi connectivity index (χ0n) is 11.1. The number of carbonyl (C=O) groups excluding carboxylic acids is 1. The van der Waals surface area contributed by atoms with Gasteiger partial charge in [0.1, 0.15) is 0 Å². The second-order valence-electron chi connectivity index (χ2n) is 4.94. The Balaban J connectivity index is 2.02. The van der Waals surface area contributed by atoms with Crippen molar-refractivity contribution in [3.63, 3.8) is 0 Å². The van der Waals surface area contributed by atoms with Crippen LogP contribution in [0.3, 0.4) is 0 Å². The van der Waals surface area contributed by atoms with Crippen LogP contribution in [0.15, 0.2) is 60.1 Å². The maximum Gasteiger partial charge on any atom is 0.261 e. The Morgan fingerprint density at radius 3 is 2.76 bits per heavy atom. The predicted octanol–water partition coefficient (Wildman–Crippen LogP) is 3.99. The number of benzene rings is 2. The number of nitrogens with one attached hydrogen (secondary N) is 2. The molecule has 0 unspecified atom stereocenters. The van der Waals surface area contributed by atoms with E-state index in [0.717, 1.165) is 32.5 Å². The minimum Gasteiger partial charge on any atom is -0.361 e. The summed E-state index contributed by atoms with van der Waals surface area (Å²) < 4.78 is 2.77. The Bertz CT molecular complexity index is 895. The van der Waals surface area contributed by atoms with Crippen molar-refractivity contribution in [2.45, 2.75) is 4.90 Å². The molecule has 0 aliphatic carbocycles.